The fourth-order valence-corrected chi connectivity index (χ4v) is 1.03. The molecule has 0 N–H and O–H groups in total. The molecule has 6 heteroatoms. The molecule has 0 atom stereocenters. The second-order valence-corrected chi connectivity index (χ2v) is 2.64. The van der Waals surface area contributed by atoms with E-state index in [1.165, 1.54) is 6.92 Å². The van der Waals surface area contributed by atoms with E-state index in [0.717, 1.165) is 5.06 Å². The first-order chi connectivity index (χ1) is 5.11. The van der Waals surface area contributed by atoms with Crippen LogP contribution in [0.4, 0.5) is 0 Å². The number of rotatable bonds is 1. The summed E-state index contributed by atoms with van der Waals surface area (Å²) >= 11 is 4.76. The molecule has 0 saturated carbocycles. The zero-order chi connectivity index (χ0) is 8.43. The van der Waals surface area contributed by atoms with E-state index in [2.05, 4.69) is 4.84 Å². The minimum atomic E-state index is -0.525. The summed E-state index contributed by atoms with van der Waals surface area (Å²) in [5.74, 6) is -0.771. The number of hydrogen-bond acceptors (Lipinski definition) is 4. The van der Waals surface area contributed by atoms with Gasteiger partial charge in [0.15, 0.2) is 0 Å². The summed E-state index contributed by atoms with van der Waals surface area (Å²) in [6.45, 7) is 1.23. The average Bonchev–Trinajstić information content (AvgIpc) is 2.18. The van der Waals surface area contributed by atoms with Gasteiger partial charge in [0.2, 0.25) is 0 Å². The van der Waals surface area contributed by atoms with Crippen molar-refractivity contribution in [2.75, 3.05) is 0 Å². The number of amides is 1. The molecule has 0 aromatic heterocycles. The van der Waals surface area contributed by atoms with Crippen LogP contribution in [-0.2, 0) is 14.4 Å². The maximum absolute atomic E-state index is 10.9. The zero-order valence-corrected chi connectivity index (χ0v) is 9.81. The predicted molar refractivity (Wildman–Crippen MR) is 41.6 cm³/mol. The summed E-state index contributed by atoms with van der Waals surface area (Å²) in [5, 5.41) is 0.887. The van der Waals surface area contributed by atoms with Crippen LogP contribution in [0.2, 0.25) is 0 Å². The van der Waals surface area contributed by atoms with Crippen molar-refractivity contribution < 1.29 is 45.4 Å². The van der Waals surface area contributed by atoms with Gasteiger partial charge in [-0.3, -0.25) is 4.79 Å². The van der Waals surface area contributed by atoms with Crippen molar-refractivity contribution in [3.8, 4) is 0 Å². The Bertz CT molecular complexity index is 220. The number of nitrogens with zero attached hydrogens (tertiary/aromatic N) is 1. The average molecular weight is 197 g/mol. The summed E-state index contributed by atoms with van der Waals surface area (Å²) in [6.07, 6.45) is 0.841. The van der Waals surface area contributed by atoms with Crippen molar-refractivity contribution in [3.05, 3.63) is 0 Å². The summed E-state index contributed by atoms with van der Waals surface area (Å²) in [4.78, 5) is 26.2. The molecule has 0 unspecified atom stereocenters. The van der Waals surface area contributed by atoms with Crippen molar-refractivity contribution in [1.29, 1.82) is 0 Å². The van der Waals surface area contributed by atoms with Crippen molar-refractivity contribution in [1.82, 2.24) is 5.06 Å². The second kappa shape index (κ2) is 4.91. The normalized spacial score (nSPS) is 15.9. The van der Waals surface area contributed by atoms with Gasteiger partial charge in [-0.2, -0.15) is 0 Å². The van der Waals surface area contributed by atoms with Crippen LogP contribution in [0.25, 0.3) is 0 Å². The van der Waals surface area contributed by atoms with Crippen LogP contribution in [0.5, 0.6) is 0 Å². The first kappa shape index (κ1) is 12.0. The fraction of sp³-hybridized carbons (Fsp3) is 0.500. The summed E-state index contributed by atoms with van der Waals surface area (Å²) in [6, 6.07) is 0. The Kier molecular flexibility index (Phi) is 4.92. The molecule has 0 bridgehead atoms. The molecule has 12 heavy (non-hydrogen) atoms. The summed E-state index contributed by atoms with van der Waals surface area (Å²) in [5.41, 5.74) is 0. The van der Waals surface area contributed by atoms with Gasteiger partial charge < -0.3 is 6.26 Å². The Labute approximate surface area is 99.0 Å². The number of thiocarbonyl (C=S) groups is 1. The molecule has 4 nitrogen and oxygen atoms in total. The molecule has 1 fully saturated rings. The van der Waals surface area contributed by atoms with Crippen LogP contribution in [-0.4, -0.2) is 21.9 Å². The summed E-state index contributed by atoms with van der Waals surface area (Å²) < 4.78 is 0. The quantitative estimate of drug-likeness (QED) is 0.345. The van der Waals surface area contributed by atoms with Gasteiger partial charge in [-0.15, -0.1) is 5.06 Å². The Balaban J connectivity index is 0. The van der Waals surface area contributed by atoms with Crippen LogP contribution in [0.15, 0.2) is 0 Å². The van der Waals surface area contributed by atoms with Crippen molar-refractivity contribution >= 4 is 29.1 Å². The Morgan fingerprint density at radius 3 is 2.58 bits per heavy atom. The molecule has 1 rings (SSSR count). The van der Waals surface area contributed by atoms with E-state index in [-0.39, 0.29) is 36.9 Å². The minimum Gasteiger partial charge on any atom is -1.00 e. The maximum Gasteiger partial charge on any atom is 1.00 e. The smallest absolute Gasteiger partial charge is 1.00 e. The SMILES string of the molecule is CC(=O)ON1C(=O)CCC1=S.[H-].[Na+]. The van der Waals surface area contributed by atoms with E-state index < -0.39 is 5.97 Å². The van der Waals surface area contributed by atoms with Gasteiger partial charge in [0, 0.05) is 19.8 Å². The minimum absolute atomic E-state index is 0. The van der Waals surface area contributed by atoms with Crippen molar-refractivity contribution in [3.63, 3.8) is 0 Å². The molecule has 0 aromatic rings. The molecule has 62 valence electrons. The predicted octanol–water partition coefficient (Wildman–Crippen LogP) is -2.47. The Hall–Kier alpha value is 0.0300. The van der Waals surface area contributed by atoms with Gasteiger partial charge in [-0.05, 0) is 0 Å². The Morgan fingerprint density at radius 2 is 2.25 bits per heavy atom. The molecule has 0 spiro atoms. The maximum atomic E-state index is 10.9. The fourth-order valence-electron chi connectivity index (χ4n) is 0.786. The van der Waals surface area contributed by atoms with E-state index in [1.807, 2.05) is 0 Å². The molecule has 0 aliphatic carbocycles. The zero-order valence-electron chi connectivity index (χ0n) is 7.99. The van der Waals surface area contributed by atoms with E-state index in [0.29, 0.717) is 17.8 Å². The molecule has 1 saturated heterocycles. The van der Waals surface area contributed by atoms with E-state index in [4.69, 9.17) is 12.2 Å². The van der Waals surface area contributed by atoms with Gasteiger partial charge in [0.1, 0.15) is 4.99 Å². The van der Waals surface area contributed by atoms with Crippen LogP contribution < -0.4 is 29.6 Å². The first-order valence-electron chi connectivity index (χ1n) is 3.15. The van der Waals surface area contributed by atoms with Crippen molar-refractivity contribution in [2.45, 2.75) is 19.8 Å². The number of hydroxylamine groups is 2. The third kappa shape index (κ3) is 2.82. The van der Waals surface area contributed by atoms with Crippen LogP contribution in [0, 0.1) is 0 Å². The number of hydrogen-bond donors (Lipinski definition) is 0. The molecule has 1 aliphatic rings. The topological polar surface area (TPSA) is 46.6 Å². The molecular weight excluding hydrogens is 189 g/mol. The van der Waals surface area contributed by atoms with Crippen LogP contribution in [0.3, 0.4) is 0 Å². The molecule has 1 amide bonds. The molecule has 0 radical (unpaired) electrons. The van der Waals surface area contributed by atoms with Gasteiger partial charge in [-0.1, -0.05) is 12.2 Å². The molecule has 0 aromatic carbocycles. The summed E-state index contributed by atoms with van der Waals surface area (Å²) in [7, 11) is 0. The van der Waals surface area contributed by atoms with E-state index in [9.17, 15) is 9.59 Å². The van der Waals surface area contributed by atoms with Crippen molar-refractivity contribution in [2.24, 2.45) is 0 Å². The van der Waals surface area contributed by atoms with Gasteiger partial charge in [0.05, 0.1) is 0 Å². The monoisotopic (exact) mass is 197 g/mol. The standard InChI is InChI=1S/C6H7NO3S.Na.H/c1-4(8)10-7-5(9)2-3-6(7)11;;/h2-3H2,1H3;;/q;+1;-1. The number of carbonyl (C=O) groups excluding carboxylic acids is 2. The molecule has 1 aliphatic heterocycles. The van der Waals surface area contributed by atoms with E-state index in [1.54, 1.807) is 0 Å². The number of carbonyl (C=O) groups is 2. The van der Waals surface area contributed by atoms with E-state index >= 15 is 0 Å². The molecule has 1 heterocycles. The largest absolute Gasteiger partial charge is 1.00 e. The van der Waals surface area contributed by atoms with Gasteiger partial charge >= 0.3 is 35.5 Å². The van der Waals surface area contributed by atoms with Gasteiger partial charge in [0.25, 0.3) is 5.91 Å². The van der Waals surface area contributed by atoms with Crippen LogP contribution in [0.1, 0.15) is 21.2 Å². The first-order valence-corrected chi connectivity index (χ1v) is 3.56. The third-order valence-electron chi connectivity index (χ3n) is 1.23. The second-order valence-electron chi connectivity index (χ2n) is 2.16. The Morgan fingerprint density at radius 1 is 1.67 bits per heavy atom. The third-order valence-corrected chi connectivity index (χ3v) is 1.60. The van der Waals surface area contributed by atoms with Crippen LogP contribution >= 0.6 is 12.2 Å². The van der Waals surface area contributed by atoms with Gasteiger partial charge in [-0.25, -0.2) is 4.79 Å². The molecular formula is C6H8NNaO3S.